The molecule has 0 unspecified atom stereocenters. The molecule has 1 N–H and O–H groups in total. The Morgan fingerprint density at radius 1 is 1.32 bits per heavy atom. The van der Waals surface area contributed by atoms with Gasteiger partial charge in [-0.05, 0) is 30.7 Å². The quantitative estimate of drug-likeness (QED) is 0.866. The van der Waals surface area contributed by atoms with E-state index < -0.39 is 16.0 Å². The molecule has 1 aromatic carbocycles. The smallest absolute Gasteiger partial charge is 0.354 e. The van der Waals surface area contributed by atoms with Crippen molar-refractivity contribution in [3.63, 3.8) is 0 Å². The molecular weight excluding hydrogens is 328 g/mol. The maximum atomic E-state index is 12.4. The maximum absolute atomic E-state index is 12.4. The van der Waals surface area contributed by atoms with E-state index in [1.807, 2.05) is 6.92 Å². The molecule has 0 aliphatic heterocycles. The highest BCUT2D eigenvalue weighted by molar-refractivity contribution is 7.92. The molecule has 0 saturated heterocycles. The summed E-state index contributed by atoms with van der Waals surface area (Å²) in [5, 5.41) is 0.299. The number of hydrogen-bond acceptors (Lipinski definition) is 4. The number of esters is 1. The molecule has 118 valence electrons. The highest BCUT2D eigenvalue weighted by Gasteiger charge is 2.21. The molecule has 0 aliphatic carbocycles. The number of benzene rings is 1. The molecule has 0 atom stereocenters. The van der Waals surface area contributed by atoms with Crippen LogP contribution in [0, 0.1) is 6.92 Å². The normalized spacial score (nSPS) is 11.3. The number of sulfonamides is 1. The lowest BCUT2D eigenvalue weighted by Crippen LogP contribution is -2.12. The van der Waals surface area contributed by atoms with Gasteiger partial charge in [0.25, 0.3) is 10.0 Å². The average Bonchev–Trinajstić information content (AvgIpc) is 2.84. The Bertz CT molecular complexity index is 827. The van der Waals surface area contributed by atoms with Gasteiger partial charge in [-0.1, -0.05) is 17.7 Å². The van der Waals surface area contributed by atoms with Crippen LogP contribution in [0.4, 0.5) is 5.69 Å². The molecule has 6 nitrogen and oxygen atoms in total. The molecule has 0 spiro atoms. The lowest BCUT2D eigenvalue weighted by Gasteiger charge is -2.08. The second-order valence-electron chi connectivity index (χ2n) is 4.75. The Labute approximate surface area is 133 Å². The Kier molecular flexibility index (Phi) is 4.48. The monoisotopic (exact) mass is 342 g/mol. The lowest BCUT2D eigenvalue weighted by molar-refractivity contribution is 0.0590. The minimum atomic E-state index is -3.86. The third kappa shape index (κ3) is 3.26. The van der Waals surface area contributed by atoms with Crippen molar-refractivity contribution in [1.82, 2.24) is 4.57 Å². The van der Waals surface area contributed by atoms with Crippen LogP contribution >= 0.6 is 11.6 Å². The van der Waals surface area contributed by atoms with Crippen molar-refractivity contribution in [2.45, 2.75) is 11.8 Å². The van der Waals surface area contributed by atoms with E-state index in [1.165, 1.54) is 23.9 Å². The summed E-state index contributed by atoms with van der Waals surface area (Å²) < 4.78 is 33.1. The summed E-state index contributed by atoms with van der Waals surface area (Å²) in [4.78, 5) is 11.5. The number of anilines is 1. The van der Waals surface area contributed by atoms with Gasteiger partial charge in [-0.3, -0.25) is 4.72 Å². The largest absolute Gasteiger partial charge is 0.464 e. The molecule has 0 fully saturated rings. The minimum absolute atomic E-state index is 0.0490. The second kappa shape index (κ2) is 6.02. The number of carbonyl (C=O) groups is 1. The van der Waals surface area contributed by atoms with Crippen LogP contribution in [0.2, 0.25) is 5.02 Å². The van der Waals surface area contributed by atoms with E-state index in [4.69, 9.17) is 11.6 Å². The van der Waals surface area contributed by atoms with Gasteiger partial charge >= 0.3 is 5.97 Å². The van der Waals surface area contributed by atoms with E-state index in [0.717, 1.165) is 5.56 Å². The summed E-state index contributed by atoms with van der Waals surface area (Å²) >= 11 is 6.03. The van der Waals surface area contributed by atoms with Crippen LogP contribution in [0.25, 0.3) is 0 Å². The number of methoxy groups -OCH3 is 1. The van der Waals surface area contributed by atoms with Gasteiger partial charge in [-0.15, -0.1) is 0 Å². The van der Waals surface area contributed by atoms with Crippen LogP contribution in [0.3, 0.4) is 0 Å². The maximum Gasteiger partial charge on any atom is 0.354 e. The molecule has 2 aromatic rings. The van der Waals surface area contributed by atoms with Gasteiger partial charge < -0.3 is 9.30 Å². The summed E-state index contributed by atoms with van der Waals surface area (Å²) in [6.07, 6.45) is 1.33. The number of aromatic nitrogens is 1. The van der Waals surface area contributed by atoms with Crippen LogP contribution in [0.1, 0.15) is 16.1 Å². The molecule has 0 radical (unpaired) electrons. The molecule has 0 aliphatic rings. The number of hydrogen-bond donors (Lipinski definition) is 1. The Morgan fingerprint density at radius 3 is 2.59 bits per heavy atom. The zero-order valence-corrected chi connectivity index (χ0v) is 13.8. The van der Waals surface area contributed by atoms with Crippen LogP contribution in [-0.2, 0) is 21.8 Å². The van der Waals surface area contributed by atoms with Crippen LogP contribution in [0.5, 0.6) is 0 Å². The zero-order chi connectivity index (χ0) is 16.5. The van der Waals surface area contributed by atoms with Gasteiger partial charge in [0.1, 0.15) is 10.6 Å². The van der Waals surface area contributed by atoms with E-state index >= 15 is 0 Å². The van der Waals surface area contributed by atoms with Crippen molar-refractivity contribution in [2.75, 3.05) is 11.8 Å². The first-order chi connectivity index (χ1) is 10.2. The number of nitrogens with zero attached hydrogens (tertiary/aromatic N) is 1. The zero-order valence-electron chi connectivity index (χ0n) is 12.3. The summed E-state index contributed by atoms with van der Waals surface area (Å²) in [5.41, 5.74) is 1.33. The van der Waals surface area contributed by atoms with Crippen molar-refractivity contribution in [1.29, 1.82) is 0 Å². The highest BCUT2D eigenvalue weighted by atomic mass is 35.5. The summed E-state index contributed by atoms with van der Waals surface area (Å²) in [7, 11) is -1.07. The van der Waals surface area contributed by atoms with Crippen molar-refractivity contribution in [2.24, 2.45) is 7.05 Å². The Balaban J connectivity index is 2.37. The van der Waals surface area contributed by atoms with E-state index in [0.29, 0.717) is 5.02 Å². The van der Waals surface area contributed by atoms with Crippen LogP contribution in [0.15, 0.2) is 35.4 Å². The third-order valence-corrected chi connectivity index (χ3v) is 4.70. The summed E-state index contributed by atoms with van der Waals surface area (Å²) in [6.45, 7) is 1.85. The SMILES string of the molecule is COC(=O)c1cc(S(=O)(=O)Nc2ccc(C)cc2Cl)cn1C. The van der Waals surface area contributed by atoms with Gasteiger partial charge in [-0.2, -0.15) is 0 Å². The number of halogens is 1. The van der Waals surface area contributed by atoms with E-state index in [9.17, 15) is 13.2 Å². The molecule has 8 heteroatoms. The van der Waals surface area contributed by atoms with Gasteiger partial charge in [0, 0.05) is 13.2 Å². The van der Waals surface area contributed by atoms with Gasteiger partial charge in [0.15, 0.2) is 0 Å². The number of ether oxygens (including phenoxy) is 1. The van der Waals surface area contributed by atoms with Gasteiger partial charge in [0.05, 0.1) is 17.8 Å². The number of nitrogens with one attached hydrogen (secondary N) is 1. The molecule has 0 amide bonds. The number of rotatable bonds is 4. The molecule has 2 rings (SSSR count). The second-order valence-corrected chi connectivity index (χ2v) is 6.84. The molecule has 0 saturated carbocycles. The molecular formula is C14H15ClN2O4S. The highest BCUT2D eigenvalue weighted by Crippen LogP contribution is 2.26. The van der Waals surface area contributed by atoms with Crippen molar-refractivity contribution in [3.8, 4) is 0 Å². The summed E-state index contributed by atoms with van der Waals surface area (Å²) in [6, 6.07) is 6.23. The van der Waals surface area contributed by atoms with Crippen molar-refractivity contribution < 1.29 is 17.9 Å². The Hall–Kier alpha value is -1.99. The van der Waals surface area contributed by atoms with Crippen LogP contribution < -0.4 is 4.72 Å². The first-order valence-electron chi connectivity index (χ1n) is 6.28. The average molecular weight is 343 g/mol. The fraction of sp³-hybridized carbons (Fsp3) is 0.214. The third-order valence-electron chi connectivity index (χ3n) is 3.05. The molecule has 22 heavy (non-hydrogen) atoms. The molecule has 1 heterocycles. The van der Waals surface area contributed by atoms with E-state index in [2.05, 4.69) is 9.46 Å². The van der Waals surface area contributed by atoms with Crippen molar-refractivity contribution >= 4 is 33.3 Å². The summed E-state index contributed by atoms with van der Waals surface area (Å²) in [5.74, 6) is -0.614. The van der Waals surface area contributed by atoms with Crippen molar-refractivity contribution in [3.05, 3.63) is 46.7 Å². The first kappa shape index (κ1) is 16.4. The topological polar surface area (TPSA) is 77.4 Å². The van der Waals surface area contributed by atoms with Gasteiger partial charge in [0.2, 0.25) is 0 Å². The molecule has 1 aromatic heterocycles. The van der Waals surface area contributed by atoms with Crippen LogP contribution in [-0.4, -0.2) is 26.1 Å². The fourth-order valence-corrected chi connectivity index (χ4v) is 3.38. The number of aryl methyl sites for hydroxylation is 2. The fourth-order valence-electron chi connectivity index (χ4n) is 1.90. The number of carbonyl (C=O) groups excluding carboxylic acids is 1. The van der Waals surface area contributed by atoms with Gasteiger partial charge in [-0.25, -0.2) is 13.2 Å². The Morgan fingerprint density at radius 2 is 2.00 bits per heavy atom. The van der Waals surface area contributed by atoms with E-state index in [1.54, 1.807) is 25.2 Å². The first-order valence-corrected chi connectivity index (χ1v) is 8.14. The lowest BCUT2D eigenvalue weighted by atomic mass is 10.2. The predicted molar refractivity (Wildman–Crippen MR) is 83.8 cm³/mol. The predicted octanol–water partition coefficient (Wildman–Crippen LogP) is 2.57. The van der Waals surface area contributed by atoms with E-state index in [-0.39, 0.29) is 16.3 Å². The standard InChI is InChI=1S/C14H15ClN2O4S/c1-9-4-5-12(11(15)6-9)16-22(19,20)10-7-13(14(18)21-3)17(2)8-10/h4-8,16H,1-3H3. The molecule has 0 bridgehead atoms. The minimum Gasteiger partial charge on any atom is -0.464 e.